The molecular weight excluding hydrogens is 328 g/mol. The molecule has 1 saturated carbocycles. The minimum absolute atomic E-state index is 0.486. The number of nitrogens with zero attached hydrogens (tertiary/aromatic N) is 2. The van der Waals surface area contributed by atoms with E-state index in [9.17, 15) is 5.11 Å². The molecule has 21 heavy (non-hydrogen) atoms. The van der Waals surface area contributed by atoms with Gasteiger partial charge in [-0.05, 0) is 52.2 Å². The molecule has 1 N–H and O–H groups in total. The van der Waals surface area contributed by atoms with Crippen LogP contribution >= 0.6 is 15.9 Å². The number of halogens is 1. The van der Waals surface area contributed by atoms with Crippen LogP contribution in [0, 0.1) is 0 Å². The summed E-state index contributed by atoms with van der Waals surface area (Å²) in [6, 6.07) is 8.40. The lowest BCUT2D eigenvalue weighted by molar-refractivity contribution is 0.175. The van der Waals surface area contributed by atoms with Crippen LogP contribution in [0.4, 0.5) is 0 Å². The highest BCUT2D eigenvalue weighted by atomic mass is 79.9. The molecule has 112 valence electrons. The molecule has 2 aromatic rings. The monoisotopic (exact) mass is 348 g/mol. The third kappa shape index (κ3) is 3.06. The summed E-state index contributed by atoms with van der Waals surface area (Å²) in [6.07, 6.45) is 3.55. The van der Waals surface area contributed by atoms with E-state index in [1.54, 1.807) is 0 Å². The number of aryl methyl sites for hydroxylation is 2. The van der Waals surface area contributed by atoms with Crippen molar-refractivity contribution < 1.29 is 5.11 Å². The summed E-state index contributed by atoms with van der Waals surface area (Å²) in [5.74, 6) is 0.715. The van der Waals surface area contributed by atoms with Crippen LogP contribution in [-0.4, -0.2) is 14.9 Å². The van der Waals surface area contributed by atoms with Gasteiger partial charge in [0.2, 0.25) is 0 Å². The van der Waals surface area contributed by atoms with Crippen LogP contribution in [0.15, 0.2) is 28.7 Å². The zero-order valence-electron chi connectivity index (χ0n) is 12.5. The van der Waals surface area contributed by atoms with Gasteiger partial charge in [-0.3, -0.25) is 4.68 Å². The van der Waals surface area contributed by atoms with E-state index in [1.165, 1.54) is 18.4 Å². The summed E-state index contributed by atoms with van der Waals surface area (Å²) in [5, 5.41) is 15.1. The molecule has 1 fully saturated rings. The van der Waals surface area contributed by atoms with Crippen molar-refractivity contribution in [2.24, 2.45) is 7.05 Å². The van der Waals surface area contributed by atoms with Gasteiger partial charge in [0.25, 0.3) is 0 Å². The van der Waals surface area contributed by atoms with Gasteiger partial charge in [0.1, 0.15) is 0 Å². The zero-order chi connectivity index (χ0) is 15.0. The highest BCUT2D eigenvalue weighted by Gasteiger charge is 2.24. The lowest BCUT2D eigenvalue weighted by Crippen LogP contribution is -2.07. The Kier molecular flexibility index (Phi) is 4.18. The second kappa shape index (κ2) is 5.93. The Bertz CT molecular complexity index is 646. The van der Waals surface area contributed by atoms with Gasteiger partial charge in [0.05, 0.1) is 22.0 Å². The molecule has 1 heterocycles. The average molecular weight is 349 g/mol. The van der Waals surface area contributed by atoms with Crippen LogP contribution in [0.5, 0.6) is 0 Å². The van der Waals surface area contributed by atoms with Crippen molar-refractivity contribution in [3.05, 3.63) is 51.3 Å². The van der Waals surface area contributed by atoms with E-state index in [-0.39, 0.29) is 0 Å². The molecular formula is C17H21BrN2O. The van der Waals surface area contributed by atoms with Crippen molar-refractivity contribution in [1.29, 1.82) is 0 Å². The summed E-state index contributed by atoms with van der Waals surface area (Å²) in [4.78, 5) is 0. The van der Waals surface area contributed by atoms with E-state index in [0.717, 1.165) is 27.8 Å². The SMILES string of the molecule is CCc1nn(C)c(CC(O)c2cccc(C3CC3)c2)c1Br. The molecule has 0 bridgehead atoms. The number of aliphatic hydroxyl groups is 1. The smallest absolute Gasteiger partial charge is 0.0845 e. The predicted octanol–water partition coefficient (Wildman–Crippen LogP) is 3.90. The Morgan fingerprint density at radius 3 is 2.81 bits per heavy atom. The number of rotatable bonds is 5. The fourth-order valence-electron chi connectivity index (χ4n) is 2.78. The quantitative estimate of drug-likeness (QED) is 0.889. The Labute approximate surface area is 134 Å². The maximum Gasteiger partial charge on any atom is 0.0845 e. The van der Waals surface area contributed by atoms with Gasteiger partial charge in [-0.25, -0.2) is 0 Å². The minimum Gasteiger partial charge on any atom is -0.388 e. The van der Waals surface area contributed by atoms with Gasteiger partial charge >= 0.3 is 0 Å². The molecule has 1 aromatic carbocycles. The molecule has 0 aliphatic heterocycles. The van der Waals surface area contributed by atoms with E-state index in [4.69, 9.17) is 0 Å². The second-order valence-electron chi connectivity index (χ2n) is 5.85. The molecule has 1 aliphatic rings. The van der Waals surface area contributed by atoms with Gasteiger partial charge in [0, 0.05) is 13.5 Å². The first-order chi connectivity index (χ1) is 10.1. The Morgan fingerprint density at radius 2 is 2.19 bits per heavy atom. The Balaban J connectivity index is 1.81. The van der Waals surface area contributed by atoms with Crippen LogP contribution < -0.4 is 0 Å². The van der Waals surface area contributed by atoms with Crippen molar-refractivity contribution >= 4 is 15.9 Å². The van der Waals surface area contributed by atoms with Gasteiger partial charge in [-0.1, -0.05) is 31.2 Å². The first-order valence-electron chi connectivity index (χ1n) is 7.58. The highest BCUT2D eigenvalue weighted by Crippen LogP contribution is 2.40. The first kappa shape index (κ1) is 14.8. The van der Waals surface area contributed by atoms with Crippen molar-refractivity contribution in [3.63, 3.8) is 0 Å². The molecule has 0 spiro atoms. The molecule has 1 atom stereocenters. The van der Waals surface area contributed by atoms with Crippen LogP contribution in [0.1, 0.15) is 54.3 Å². The molecule has 0 saturated heterocycles. The number of benzene rings is 1. The van der Waals surface area contributed by atoms with Gasteiger partial charge < -0.3 is 5.11 Å². The highest BCUT2D eigenvalue weighted by molar-refractivity contribution is 9.10. The summed E-state index contributed by atoms with van der Waals surface area (Å²) in [5.41, 5.74) is 4.47. The number of hydrogen-bond donors (Lipinski definition) is 1. The normalized spacial score (nSPS) is 16.2. The summed E-state index contributed by atoms with van der Waals surface area (Å²) >= 11 is 3.62. The molecule has 1 unspecified atom stereocenters. The van der Waals surface area contributed by atoms with E-state index in [0.29, 0.717) is 12.3 Å². The van der Waals surface area contributed by atoms with Crippen molar-refractivity contribution in [3.8, 4) is 0 Å². The van der Waals surface area contributed by atoms with Crippen molar-refractivity contribution in [2.45, 2.75) is 44.6 Å². The number of aromatic nitrogens is 2. The van der Waals surface area contributed by atoms with E-state index in [1.807, 2.05) is 17.8 Å². The first-order valence-corrected chi connectivity index (χ1v) is 8.37. The van der Waals surface area contributed by atoms with Crippen LogP contribution in [0.25, 0.3) is 0 Å². The summed E-state index contributed by atoms with van der Waals surface area (Å²) < 4.78 is 2.90. The largest absolute Gasteiger partial charge is 0.388 e. The molecule has 3 rings (SSSR count). The second-order valence-corrected chi connectivity index (χ2v) is 6.64. The fraction of sp³-hybridized carbons (Fsp3) is 0.471. The molecule has 4 heteroatoms. The predicted molar refractivity (Wildman–Crippen MR) is 87.4 cm³/mol. The maximum absolute atomic E-state index is 10.6. The molecule has 1 aliphatic carbocycles. The van der Waals surface area contributed by atoms with Crippen molar-refractivity contribution in [2.75, 3.05) is 0 Å². The van der Waals surface area contributed by atoms with Gasteiger partial charge in [-0.15, -0.1) is 0 Å². The van der Waals surface area contributed by atoms with Gasteiger partial charge in [-0.2, -0.15) is 5.10 Å². The average Bonchev–Trinajstić information content (AvgIpc) is 3.30. The number of aliphatic hydroxyl groups excluding tert-OH is 1. The van der Waals surface area contributed by atoms with E-state index < -0.39 is 6.10 Å². The Hall–Kier alpha value is -1.13. The Morgan fingerprint density at radius 1 is 1.43 bits per heavy atom. The van der Waals surface area contributed by atoms with Crippen LogP contribution in [0.2, 0.25) is 0 Å². The summed E-state index contributed by atoms with van der Waals surface area (Å²) in [6.45, 7) is 2.09. The van der Waals surface area contributed by atoms with Crippen LogP contribution in [0.3, 0.4) is 0 Å². The lowest BCUT2D eigenvalue weighted by Gasteiger charge is -2.13. The van der Waals surface area contributed by atoms with E-state index in [2.05, 4.69) is 46.2 Å². The molecule has 0 amide bonds. The lowest BCUT2D eigenvalue weighted by atomic mass is 10.0. The summed E-state index contributed by atoms with van der Waals surface area (Å²) in [7, 11) is 1.94. The number of hydrogen-bond acceptors (Lipinski definition) is 2. The minimum atomic E-state index is -0.486. The molecule has 1 aromatic heterocycles. The molecule has 0 radical (unpaired) electrons. The standard InChI is InChI=1S/C17H21BrN2O/c1-3-14-17(18)15(20(2)19-14)10-16(21)13-6-4-5-12(9-13)11-7-8-11/h4-6,9,11,16,21H,3,7-8,10H2,1-2H3. The van der Waals surface area contributed by atoms with Crippen LogP contribution in [-0.2, 0) is 19.9 Å². The maximum atomic E-state index is 10.6. The zero-order valence-corrected chi connectivity index (χ0v) is 14.1. The third-order valence-electron chi connectivity index (χ3n) is 4.23. The fourth-order valence-corrected chi connectivity index (χ4v) is 3.56. The molecule has 3 nitrogen and oxygen atoms in total. The van der Waals surface area contributed by atoms with E-state index >= 15 is 0 Å². The van der Waals surface area contributed by atoms with Crippen molar-refractivity contribution in [1.82, 2.24) is 9.78 Å². The third-order valence-corrected chi connectivity index (χ3v) is 5.15. The topological polar surface area (TPSA) is 38.0 Å². The van der Waals surface area contributed by atoms with Gasteiger partial charge in [0.15, 0.2) is 0 Å².